The Kier molecular flexibility index (Phi) is 5.31. The van der Waals surface area contributed by atoms with Gasteiger partial charge in [-0.3, -0.25) is 4.79 Å². The van der Waals surface area contributed by atoms with Crippen LogP contribution in [0.3, 0.4) is 0 Å². The minimum Gasteiger partial charge on any atom is -0.619 e. The Labute approximate surface area is 157 Å². The number of pyridine rings is 1. The van der Waals surface area contributed by atoms with Crippen molar-refractivity contribution in [1.29, 1.82) is 0 Å². The average molecular weight is 361 g/mol. The Hall–Kier alpha value is -3.47. The fourth-order valence-corrected chi connectivity index (χ4v) is 2.61. The zero-order chi connectivity index (χ0) is 19.4. The number of hydrogen-bond donors (Lipinski definition) is 0. The Balaban J connectivity index is 1.93. The van der Waals surface area contributed by atoms with Gasteiger partial charge in [-0.2, -0.15) is 4.73 Å². The summed E-state index contributed by atoms with van der Waals surface area (Å²) in [6.45, 7) is 3.87. The number of carbonyl (C=O) groups is 2. The molecule has 1 atom stereocenters. The number of carbonyl (C=O) groups excluding carboxylic acids is 2. The number of benzene rings is 2. The van der Waals surface area contributed by atoms with E-state index in [4.69, 9.17) is 4.74 Å². The van der Waals surface area contributed by atoms with Gasteiger partial charge in [-0.1, -0.05) is 59.7 Å². The summed E-state index contributed by atoms with van der Waals surface area (Å²) < 4.78 is 6.12. The SMILES string of the molecule is Cc1ccc(C(=O)[C@@H](OC(=O)c2cc[n+]([O-])cc2)c2ccc(C)cc2)cc1. The topological polar surface area (TPSA) is 70.3 Å². The van der Waals surface area contributed by atoms with Crippen LogP contribution in [0.1, 0.15) is 43.5 Å². The molecule has 0 unspecified atom stereocenters. The first-order valence-electron chi connectivity index (χ1n) is 8.51. The van der Waals surface area contributed by atoms with Gasteiger partial charge in [0.25, 0.3) is 0 Å². The summed E-state index contributed by atoms with van der Waals surface area (Å²) in [4.78, 5) is 25.5. The van der Waals surface area contributed by atoms with Gasteiger partial charge in [-0.15, -0.1) is 0 Å². The maximum absolute atomic E-state index is 13.0. The number of aromatic nitrogens is 1. The zero-order valence-electron chi connectivity index (χ0n) is 15.1. The molecule has 0 fully saturated rings. The standard InChI is InChI=1S/C22H19NO4/c1-15-3-7-17(8-4-15)20(24)21(18-9-5-16(2)6-10-18)27-22(25)19-11-13-23(26)14-12-19/h3-14,21H,1-2H3/t21-/m0/s1. The third-order valence-electron chi connectivity index (χ3n) is 4.22. The van der Waals surface area contributed by atoms with E-state index < -0.39 is 12.1 Å². The van der Waals surface area contributed by atoms with E-state index in [-0.39, 0.29) is 11.3 Å². The minimum atomic E-state index is -1.07. The number of nitrogens with zero attached hydrogens (tertiary/aromatic N) is 1. The fourth-order valence-electron chi connectivity index (χ4n) is 2.61. The molecule has 3 rings (SSSR count). The van der Waals surface area contributed by atoms with Crippen molar-refractivity contribution in [2.24, 2.45) is 0 Å². The molecule has 5 nitrogen and oxygen atoms in total. The molecule has 0 N–H and O–H groups in total. The van der Waals surface area contributed by atoms with Crippen molar-refractivity contribution in [2.75, 3.05) is 0 Å². The summed E-state index contributed by atoms with van der Waals surface area (Å²) in [7, 11) is 0. The molecule has 0 radical (unpaired) electrons. The lowest BCUT2D eigenvalue weighted by atomic mass is 9.98. The van der Waals surface area contributed by atoms with Crippen LogP contribution in [0.4, 0.5) is 0 Å². The number of rotatable bonds is 5. The molecular weight excluding hydrogens is 342 g/mol. The van der Waals surface area contributed by atoms with Gasteiger partial charge in [0.15, 0.2) is 18.5 Å². The Morgan fingerprint density at radius 1 is 0.815 bits per heavy atom. The van der Waals surface area contributed by atoms with Crippen molar-refractivity contribution in [3.8, 4) is 0 Å². The van der Waals surface area contributed by atoms with Gasteiger partial charge < -0.3 is 9.94 Å². The minimum absolute atomic E-state index is 0.205. The summed E-state index contributed by atoms with van der Waals surface area (Å²) in [5.41, 5.74) is 3.33. The Morgan fingerprint density at radius 2 is 1.33 bits per heavy atom. The van der Waals surface area contributed by atoms with Crippen LogP contribution in [0.2, 0.25) is 0 Å². The van der Waals surface area contributed by atoms with Crippen molar-refractivity contribution >= 4 is 11.8 Å². The van der Waals surface area contributed by atoms with E-state index in [2.05, 4.69) is 0 Å². The van der Waals surface area contributed by atoms with Crippen molar-refractivity contribution in [3.63, 3.8) is 0 Å². The number of ketones is 1. The first kappa shape index (κ1) is 18.3. The molecule has 0 amide bonds. The molecule has 0 bridgehead atoms. The average Bonchev–Trinajstić information content (AvgIpc) is 2.67. The molecule has 3 aromatic rings. The largest absolute Gasteiger partial charge is 0.619 e. The number of hydrogen-bond acceptors (Lipinski definition) is 4. The van der Waals surface area contributed by atoms with Gasteiger partial charge in [0.1, 0.15) is 0 Å². The molecule has 1 aromatic heterocycles. The highest BCUT2D eigenvalue weighted by atomic mass is 16.5. The van der Waals surface area contributed by atoms with E-state index >= 15 is 0 Å². The highest BCUT2D eigenvalue weighted by Gasteiger charge is 2.27. The molecule has 5 heteroatoms. The Morgan fingerprint density at radius 3 is 1.89 bits per heavy atom. The van der Waals surface area contributed by atoms with Crippen LogP contribution in [0.5, 0.6) is 0 Å². The van der Waals surface area contributed by atoms with Gasteiger partial charge >= 0.3 is 5.97 Å². The van der Waals surface area contributed by atoms with E-state index in [9.17, 15) is 14.8 Å². The number of esters is 1. The molecule has 0 aliphatic carbocycles. The molecule has 0 aliphatic heterocycles. The molecule has 0 saturated carbocycles. The molecule has 2 aromatic carbocycles. The summed E-state index contributed by atoms with van der Waals surface area (Å²) >= 11 is 0. The van der Waals surface area contributed by atoms with Crippen molar-refractivity contribution in [1.82, 2.24) is 0 Å². The second-order valence-electron chi connectivity index (χ2n) is 6.37. The number of ether oxygens (including phenoxy) is 1. The van der Waals surface area contributed by atoms with Crippen LogP contribution in [-0.2, 0) is 4.74 Å². The van der Waals surface area contributed by atoms with Gasteiger partial charge in [0.2, 0.25) is 5.78 Å². The van der Waals surface area contributed by atoms with E-state index in [1.165, 1.54) is 24.5 Å². The molecule has 27 heavy (non-hydrogen) atoms. The fraction of sp³-hybridized carbons (Fsp3) is 0.136. The summed E-state index contributed by atoms with van der Waals surface area (Å²) in [6, 6.07) is 17.1. The van der Waals surface area contributed by atoms with Crippen LogP contribution in [0.25, 0.3) is 0 Å². The lowest BCUT2D eigenvalue weighted by molar-refractivity contribution is -0.605. The molecule has 1 heterocycles. The monoisotopic (exact) mass is 361 g/mol. The maximum atomic E-state index is 13.0. The van der Waals surface area contributed by atoms with Gasteiger partial charge in [-0.05, 0) is 13.8 Å². The van der Waals surface area contributed by atoms with Crippen molar-refractivity contribution in [3.05, 3.63) is 106 Å². The normalized spacial score (nSPS) is 11.6. The molecular formula is C22H19NO4. The van der Waals surface area contributed by atoms with E-state index in [1.807, 2.05) is 38.1 Å². The number of Topliss-reactive ketones (excluding diaryl/α,β-unsaturated/α-hetero) is 1. The first-order chi connectivity index (χ1) is 12.9. The Bertz CT molecular complexity index is 945. The summed E-state index contributed by atoms with van der Waals surface area (Å²) in [5.74, 6) is -0.969. The van der Waals surface area contributed by atoms with E-state index in [1.54, 1.807) is 24.3 Å². The second-order valence-corrected chi connectivity index (χ2v) is 6.37. The van der Waals surface area contributed by atoms with Gasteiger partial charge in [0.05, 0.1) is 5.56 Å². The smallest absolute Gasteiger partial charge is 0.339 e. The predicted octanol–water partition coefficient (Wildman–Crippen LogP) is 3.72. The van der Waals surface area contributed by atoms with Crippen LogP contribution in [-0.4, -0.2) is 11.8 Å². The lowest BCUT2D eigenvalue weighted by Crippen LogP contribution is -2.25. The molecule has 0 aliphatic rings. The lowest BCUT2D eigenvalue weighted by Gasteiger charge is -2.18. The maximum Gasteiger partial charge on any atom is 0.339 e. The van der Waals surface area contributed by atoms with E-state index in [0.29, 0.717) is 15.9 Å². The van der Waals surface area contributed by atoms with Crippen LogP contribution in [0.15, 0.2) is 73.1 Å². The van der Waals surface area contributed by atoms with Crippen LogP contribution < -0.4 is 4.73 Å². The quantitative estimate of drug-likeness (QED) is 0.301. The molecule has 0 saturated heterocycles. The first-order valence-corrected chi connectivity index (χ1v) is 8.51. The summed E-state index contributed by atoms with van der Waals surface area (Å²) in [5, 5.41) is 11.2. The number of aryl methyl sites for hydroxylation is 2. The zero-order valence-corrected chi connectivity index (χ0v) is 15.1. The third kappa shape index (κ3) is 4.39. The highest BCUT2D eigenvalue weighted by Crippen LogP contribution is 2.24. The third-order valence-corrected chi connectivity index (χ3v) is 4.22. The predicted molar refractivity (Wildman–Crippen MR) is 100 cm³/mol. The molecule has 136 valence electrons. The molecule has 0 spiro atoms. The second kappa shape index (κ2) is 7.83. The van der Waals surface area contributed by atoms with Crippen molar-refractivity contribution < 1.29 is 19.1 Å². The summed E-state index contributed by atoms with van der Waals surface area (Å²) in [6.07, 6.45) is 1.35. The van der Waals surface area contributed by atoms with Crippen molar-refractivity contribution in [2.45, 2.75) is 20.0 Å². The van der Waals surface area contributed by atoms with Crippen LogP contribution >= 0.6 is 0 Å². The van der Waals surface area contributed by atoms with Gasteiger partial charge in [-0.25, -0.2) is 4.79 Å². The van der Waals surface area contributed by atoms with E-state index in [0.717, 1.165) is 11.1 Å². The van der Waals surface area contributed by atoms with Gasteiger partial charge in [0, 0.05) is 23.3 Å². The highest BCUT2D eigenvalue weighted by molar-refractivity contribution is 6.02. The van der Waals surface area contributed by atoms with Crippen LogP contribution in [0, 0.1) is 19.1 Å².